The topological polar surface area (TPSA) is 237 Å². The lowest BCUT2D eigenvalue weighted by Crippen LogP contribution is -2.30. The van der Waals surface area contributed by atoms with Gasteiger partial charge in [0, 0.05) is 25.7 Å². The molecule has 0 aliphatic carbocycles. The zero-order valence-corrected chi connectivity index (χ0v) is 71.7. The van der Waals surface area contributed by atoms with Gasteiger partial charge in [-0.3, -0.25) is 37.3 Å². The number of hydrogen-bond donors (Lipinski definition) is 3. The second-order valence-corrected chi connectivity index (χ2v) is 35.6. The molecular weight excluding hydrogens is 1380 g/mol. The lowest BCUT2D eigenvalue weighted by Gasteiger charge is -2.21. The standard InChI is InChI=1S/C87H170O17P2/c1-8-9-10-11-12-13-14-15-16-17-21-24-29-34-39-47-54-61-68-84(89)97-74-82(103-86(91)70-63-56-49-40-35-30-25-22-19-18-20-23-27-32-37-44-51-58-65-78(2)3)76-101-105(93,94)99-72-81(88)73-100-106(95,96)102-77-83(75-98-85(90)69-62-55-48-43-42-46-53-60-67-80(6)7)104-87(92)71-64-57-50-41-36-31-26-28-33-38-45-52-59-66-79(4)5/h78-83,88H,8-77H2,1-7H3,(H,93,94)(H,95,96)/t81-,82-,83-/m1/s1. The third-order valence-corrected chi connectivity index (χ3v) is 22.3. The number of rotatable bonds is 85. The molecule has 17 nitrogen and oxygen atoms in total. The summed E-state index contributed by atoms with van der Waals surface area (Å²) in [6, 6.07) is 0. The maximum atomic E-state index is 13.2. The molecule has 0 radical (unpaired) electrons. The quantitative estimate of drug-likeness (QED) is 0.0222. The van der Waals surface area contributed by atoms with Crippen molar-refractivity contribution in [1.29, 1.82) is 0 Å². The second-order valence-electron chi connectivity index (χ2n) is 32.7. The van der Waals surface area contributed by atoms with E-state index in [4.69, 9.17) is 37.0 Å². The van der Waals surface area contributed by atoms with E-state index >= 15 is 0 Å². The van der Waals surface area contributed by atoms with Gasteiger partial charge in [0.05, 0.1) is 26.4 Å². The Morgan fingerprint density at radius 3 is 0.642 bits per heavy atom. The molecule has 0 saturated carbocycles. The highest BCUT2D eigenvalue weighted by atomic mass is 31.2. The smallest absolute Gasteiger partial charge is 0.462 e. The molecule has 0 rings (SSSR count). The lowest BCUT2D eigenvalue weighted by molar-refractivity contribution is -0.161. The number of carbonyl (C=O) groups is 4. The summed E-state index contributed by atoms with van der Waals surface area (Å²) in [7, 11) is -9.93. The van der Waals surface area contributed by atoms with Crippen LogP contribution >= 0.6 is 15.6 Å². The van der Waals surface area contributed by atoms with Gasteiger partial charge in [-0.25, -0.2) is 9.13 Å². The summed E-state index contributed by atoms with van der Waals surface area (Å²) >= 11 is 0. The number of aliphatic hydroxyl groups excluding tert-OH is 1. The molecule has 0 saturated heterocycles. The molecule has 0 aromatic rings. The van der Waals surface area contributed by atoms with Gasteiger partial charge in [0.2, 0.25) is 0 Å². The summed E-state index contributed by atoms with van der Waals surface area (Å²) in [5, 5.41) is 10.7. The molecule has 2 unspecified atom stereocenters. The highest BCUT2D eigenvalue weighted by molar-refractivity contribution is 7.47. The Labute approximate surface area is 651 Å². The van der Waals surface area contributed by atoms with E-state index in [1.165, 1.54) is 270 Å². The monoisotopic (exact) mass is 1550 g/mol. The third-order valence-electron chi connectivity index (χ3n) is 20.4. The van der Waals surface area contributed by atoms with E-state index in [0.29, 0.717) is 25.7 Å². The first-order chi connectivity index (χ1) is 51.2. The number of unbranched alkanes of at least 4 members (excludes halogenated alkanes) is 53. The predicted octanol–water partition coefficient (Wildman–Crippen LogP) is 26.5. The number of phosphoric acid groups is 2. The Balaban J connectivity index is 5.24. The summed E-state index contributed by atoms with van der Waals surface area (Å²) < 4.78 is 68.9. The molecule has 0 fully saturated rings. The van der Waals surface area contributed by atoms with Gasteiger partial charge in [-0.05, 0) is 43.4 Å². The fourth-order valence-corrected chi connectivity index (χ4v) is 15.1. The van der Waals surface area contributed by atoms with Crippen LogP contribution in [0.2, 0.25) is 0 Å². The Kier molecular flexibility index (Phi) is 75.6. The fourth-order valence-electron chi connectivity index (χ4n) is 13.5. The zero-order valence-electron chi connectivity index (χ0n) is 69.9. The first-order valence-electron chi connectivity index (χ1n) is 44.8. The summed E-state index contributed by atoms with van der Waals surface area (Å²) in [5.74, 6) is 0.230. The van der Waals surface area contributed by atoms with Crippen LogP contribution < -0.4 is 0 Å². The number of aliphatic hydroxyl groups is 1. The minimum Gasteiger partial charge on any atom is -0.462 e. The number of ether oxygens (including phenoxy) is 4. The van der Waals surface area contributed by atoms with E-state index in [1.807, 2.05) is 0 Å². The van der Waals surface area contributed by atoms with Crippen molar-refractivity contribution in [1.82, 2.24) is 0 Å². The molecule has 0 amide bonds. The van der Waals surface area contributed by atoms with Crippen LogP contribution in [0, 0.1) is 17.8 Å². The molecule has 0 aromatic carbocycles. The molecule has 0 aliphatic rings. The summed E-state index contributed by atoms with van der Waals surface area (Å²) in [4.78, 5) is 73.3. The van der Waals surface area contributed by atoms with Crippen molar-refractivity contribution in [3.05, 3.63) is 0 Å². The first kappa shape index (κ1) is 104. The average Bonchev–Trinajstić information content (AvgIpc) is 0.950. The Morgan fingerprint density at radius 2 is 0.434 bits per heavy atom. The zero-order chi connectivity index (χ0) is 77.9. The van der Waals surface area contributed by atoms with Gasteiger partial charge in [-0.1, -0.05) is 408 Å². The highest BCUT2D eigenvalue weighted by Crippen LogP contribution is 2.45. The van der Waals surface area contributed by atoms with E-state index < -0.39 is 97.5 Å². The van der Waals surface area contributed by atoms with Crippen LogP contribution in [0.5, 0.6) is 0 Å². The average molecular weight is 1550 g/mol. The number of carbonyl (C=O) groups excluding carboxylic acids is 4. The minimum absolute atomic E-state index is 0.107. The van der Waals surface area contributed by atoms with Gasteiger partial charge < -0.3 is 33.8 Å². The summed E-state index contributed by atoms with van der Waals surface area (Å²) in [6.45, 7) is 12.0. The first-order valence-corrected chi connectivity index (χ1v) is 47.8. The predicted molar refractivity (Wildman–Crippen MR) is 437 cm³/mol. The van der Waals surface area contributed by atoms with E-state index in [1.54, 1.807) is 0 Å². The van der Waals surface area contributed by atoms with E-state index in [-0.39, 0.29) is 25.7 Å². The van der Waals surface area contributed by atoms with E-state index in [0.717, 1.165) is 108 Å². The van der Waals surface area contributed by atoms with Gasteiger partial charge >= 0.3 is 39.5 Å². The molecule has 0 aromatic heterocycles. The van der Waals surface area contributed by atoms with Crippen LogP contribution in [0.1, 0.15) is 459 Å². The van der Waals surface area contributed by atoms with E-state index in [2.05, 4.69) is 48.5 Å². The summed E-state index contributed by atoms with van der Waals surface area (Å²) in [6.07, 6.45) is 68.1. The van der Waals surface area contributed by atoms with Crippen molar-refractivity contribution in [2.24, 2.45) is 17.8 Å². The van der Waals surface area contributed by atoms with E-state index in [9.17, 15) is 43.2 Å². The molecule has 0 bridgehead atoms. The van der Waals surface area contributed by atoms with Crippen LogP contribution in [0.25, 0.3) is 0 Å². The third kappa shape index (κ3) is 80.1. The van der Waals surface area contributed by atoms with Crippen LogP contribution in [0.15, 0.2) is 0 Å². The van der Waals surface area contributed by atoms with Crippen molar-refractivity contribution < 1.29 is 80.2 Å². The molecule has 0 spiro atoms. The molecule has 0 heterocycles. The lowest BCUT2D eigenvalue weighted by atomic mass is 10.0. The number of esters is 4. The molecule has 630 valence electrons. The molecule has 19 heteroatoms. The second kappa shape index (κ2) is 77.0. The maximum absolute atomic E-state index is 13.2. The van der Waals surface area contributed by atoms with Crippen molar-refractivity contribution >= 4 is 39.5 Å². The van der Waals surface area contributed by atoms with Gasteiger partial charge in [-0.2, -0.15) is 0 Å². The highest BCUT2D eigenvalue weighted by Gasteiger charge is 2.30. The summed E-state index contributed by atoms with van der Waals surface area (Å²) in [5.41, 5.74) is 0. The fraction of sp³-hybridized carbons (Fsp3) is 0.954. The van der Waals surface area contributed by atoms with Crippen molar-refractivity contribution in [2.75, 3.05) is 39.6 Å². The normalized spacial score (nSPS) is 13.9. The van der Waals surface area contributed by atoms with Crippen molar-refractivity contribution in [2.45, 2.75) is 478 Å². The van der Waals surface area contributed by atoms with Gasteiger partial charge in [0.1, 0.15) is 19.3 Å². The minimum atomic E-state index is -4.97. The SMILES string of the molecule is CCCCCCCCCCCCCCCCCCCCC(=O)OC[C@H](COP(=O)(O)OC[C@@H](O)COP(=O)(O)OC[C@@H](COC(=O)CCCCCCCCCCC(C)C)OC(=O)CCCCCCCCCCCCCCCC(C)C)OC(=O)CCCCCCCCCCCCCCCCCCCCC(C)C. The molecular formula is C87H170O17P2. The maximum Gasteiger partial charge on any atom is 0.472 e. The van der Waals surface area contributed by atoms with Crippen LogP contribution in [-0.4, -0.2) is 96.7 Å². The molecule has 5 atom stereocenters. The van der Waals surface area contributed by atoms with Gasteiger partial charge in [-0.15, -0.1) is 0 Å². The van der Waals surface area contributed by atoms with Crippen LogP contribution in [0.4, 0.5) is 0 Å². The van der Waals surface area contributed by atoms with Crippen molar-refractivity contribution in [3.63, 3.8) is 0 Å². The molecule has 0 aliphatic heterocycles. The van der Waals surface area contributed by atoms with Crippen LogP contribution in [-0.2, 0) is 65.4 Å². The number of hydrogen-bond acceptors (Lipinski definition) is 15. The number of phosphoric ester groups is 2. The Morgan fingerprint density at radius 1 is 0.255 bits per heavy atom. The Bertz CT molecular complexity index is 2040. The largest absolute Gasteiger partial charge is 0.472 e. The molecule has 106 heavy (non-hydrogen) atoms. The van der Waals surface area contributed by atoms with Gasteiger partial charge in [0.25, 0.3) is 0 Å². The van der Waals surface area contributed by atoms with Crippen LogP contribution in [0.3, 0.4) is 0 Å². The van der Waals surface area contributed by atoms with Crippen molar-refractivity contribution in [3.8, 4) is 0 Å². The van der Waals surface area contributed by atoms with Gasteiger partial charge in [0.15, 0.2) is 12.2 Å². The Hall–Kier alpha value is -1.94. The molecule has 3 N–H and O–H groups in total.